The number of rotatable bonds is 4. The molecule has 1 aliphatic rings. The lowest BCUT2D eigenvalue weighted by atomic mass is 10.1. The molecule has 1 fully saturated rings. The first kappa shape index (κ1) is 15.7. The molecular weight excluding hydrogens is 292 g/mol. The third-order valence-electron chi connectivity index (χ3n) is 3.61. The number of benzene rings is 1. The van der Waals surface area contributed by atoms with Crippen LogP contribution in [0.4, 0.5) is 0 Å². The molecule has 0 aromatic heterocycles. The summed E-state index contributed by atoms with van der Waals surface area (Å²) in [6.45, 7) is 1.86. The van der Waals surface area contributed by atoms with Crippen LogP contribution in [0.25, 0.3) is 0 Å². The largest absolute Gasteiger partial charge is 0.349 e. The number of amides is 1. The van der Waals surface area contributed by atoms with Crippen LogP contribution in [0.2, 0.25) is 5.02 Å². The Kier molecular flexibility index (Phi) is 5.75. The van der Waals surface area contributed by atoms with Crippen LogP contribution in [0.1, 0.15) is 18.0 Å². The van der Waals surface area contributed by atoms with Crippen LogP contribution >= 0.6 is 23.4 Å². The maximum atomic E-state index is 11.7. The van der Waals surface area contributed by atoms with Crippen LogP contribution in [0.3, 0.4) is 0 Å². The normalized spacial score (nSPS) is 19.9. The molecule has 0 aliphatic carbocycles. The smallest absolute Gasteiger partial charge is 0.223 e. The Labute approximate surface area is 130 Å². The van der Waals surface area contributed by atoms with Gasteiger partial charge >= 0.3 is 0 Å². The summed E-state index contributed by atoms with van der Waals surface area (Å²) in [6, 6.07) is 8.47. The highest BCUT2D eigenvalue weighted by atomic mass is 35.5. The Hall–Kier alpha value is -0.710. The molecule has 1 aliphatic heterocycles. The van der Waals surface area contributed by atoms with E-state index in [4.69, 9.17) is 11.6 Å². The van der Waals surface area contributed by atoms with Crippen LogP contribution in [0.15, 0.2) is 24.3 Å². The molecule has 0 N–H and O–H groups in total. The SMILES string of the molecule is CN(C)C(=O)CCN1CCSC[C@H]1c1ccc(Cl)cc1. The monoisotopic (exact) mass is 312 g/mol. The van der Waals surface area contributed by atoms with Gasteiger partial charge in [0.05, 0.1) is 0 Å². The number of carbonyl (C=O) groups excluding carboxylic acids is 1. The lowest BCUT2D eigenvalue weighted by Gasteiger charge is -2.35. The van der Waals surface area contributed by atoms with Gasteiger partial charge in [0.25, 0.3) is 0 Å². The van der Waals surface area contributed by atoms with E-state index in [0.29, 0.717) is 12.5 Å². The fraction of sp³-hybridized carbons (Fsp3) is 0.533. The van der Waals surface area contributed by atoms with E-state index in [0.717, 1.165) is 29.6 Å². The fourth-order valence-corrected chi connectivity index (χ4v) is 3.64. The van der Waals surface area contributed by atoms with Crippen molar-refractivity contribution in [3.05, 3.63) is 34.9 Å². The Balaban J connectivity index is 2.01. The highest BCUT2D eigenvalue weighted by molar-refractivity contribution is 7.99. The summed E-state index contributed by atoms with van der Waals surface area (Å²) in [5.41, 5.74) is 1.29. The Morgan fingerprint density at radius 1 is 1.40 bits per heavy atom. The molecule has 0 unspecified atom stereocenters. The molecule has 2 rings (SSSR count). The molecule has 0 spiro atoms. The number of hydrogen-bond acceptors (Lipinski definition) is 3. The van der Waals surface area contributed by atoms with Crippen LogP contribution in [-0.2, 0) is 4.79 Å². The van der Waals surface area contributed by atoms with E-state index < -0.39 is 0 Å². The zero-order valence-electron chi connectivity index (χ0n) is 12.0. The predicted molar refractivity (Wildman–Crippen MR) is 86.4 cm³/mol. The summed E-state index contributed by atoms with van der Waals surface area (Å²) < 4.78 is 0. The van der Waals surface area contributed by atoms with Gasteiger partial charge in [0.15, 0.2) is 0 Å². The number of thioether (sulfide) groups is 1. The second-order valence-electron chi connectivity index (χ2n) is 5.22. The molecule has 1 amide bonds. The number of carbonyl (C=O) groups is 1. The van der Waals surface area contributed by atoms with E-state index in [-0.39, 0.29) is 5.91 Å². The third-order valence-corrected chi connectivity index (χ3v) is 4.88. The summed E-state index contributed by atoms with van der Waals surface area (Å²) in [4.78, 5) is 15.8. The van der Waals surface area contributed by atoms with Crippen molar-refractivity contribution in [1.29, 1.82) is 0 Å². The Morgan fingerprint density at radius 2 is 2.10 bits per heavy atom. The quantitative estimate of drug-likeness (QED) is 0.854. The average molecular weight is 313 g/mol. The van der Waals surface area contributed by atoms with E-state index in [1.165, 1.54) is 5.56 Å². The molecule has 1 aromatic carbocycles. The van der Waals surface area contributed by atoms with E-state index in [1.807, 2.05) is 38.0 Å². The molecule has 0 saturated carbocycles. The first-order valence-electron chi connectivity index (χ1n) is 6.85. The third kappa shape index (κ3) is 4.14. The first-order valence-corrected chi connectivity index (χ1v) is 8.38. The van der Waals surface area contributed by atoms with Crippen LogP contribution in [-0.4, -0.2) is 54.4 Å². The second kappa shape index (κ2) is 7.34. The van der Waals surface area contributed by atoms with Crippen molar-refractivity contribution in [1.82, 2.24) is 9.80 Å². The minimum Gasteiger partial charge on any atom is -0.349 e. The van der Waals surface area contributed by atoms with Gasteiger partial charge in [0.1, 0.15) is 0 Å². The Morgan fingerprint density at radius 3 is 2.75 bits per heavy atom. The van der Waals surface area contributed by atoms with Crippen LogP contribution in [0.5, 0.6) is 0 Å². The number of halogens is 1. The van der Waals surface area contributed by atoms with Gasteiger partial charge in [0.2, 0.25) is 5.91 Å². The highest BCUT2D eigenvalue weighted by Crippen LogP contribution is 2.30. The molecule has 1 atom stereocenters. The van der Waals surface area contributed by atoms with Gasteiger partial charge in [-0.2, -0.15) is 11.8 Å². The molecule has 0 bridgehead atoms. The van der Waals surface area contributed by atoms with Crippen LogP contribution in [0, 0.1) is 0 Å². The van der Waals surface area contributed by atoms with Gasteiger partial charge in [-0.25, -0.2) is 0 Å². The molecule has 1 heterocycles. The standard InChI is InChI=1S/C15H21ClN2OS/c1-17(2)15(19)7-8-18-9-10-20-11-14(18)12-3-5-13(16)6-4-12/h3-6,14H,7-11H2,1-2H3/t14-/m0/s1. The van der Waals surface area contributed by atoms with Crippen molar-refractivity contribution < 1.29 is 4.79 Å². The van der Waals surface area contributed by atoms with Gasteiger partial charge in [-0.1, -0.05) is 23.7 Å². The van der Waals surface area contributed by atoms with Gasteiger partial charge in [-0.15, -0.1) is 0 Å². The Bertz CT molecular complexity index is 450. The molecule has 110 valence electrons. The highest BCUT2D eigenvalue weighted by Gasteiger charge is 2.24. The van der Waals surface area contributed by atoms with Crippen molar-refractivity contribution >= 4 is 29.3 Å². The van der Waals surface area contributed by atoms with E-state index in [9.17, 15) is 4.79 Å². The lowest BCUT2D eigenvalue weighted by molar-refractivity contribution is -0.129. The van der Waals surface area contributed by atoms with Gasteiger partial charge in [0, 0.05) is 56.2 Å². The lowest BCUT2D eigenvalue weighted by Crippen LogP contribution is -2.38. The van der Waals surface area contributed by atoms with Gasteiger partial charge < -0.3 is 4.90 Å². The minimum absolute atomic E-state index is 0.193. The summed E-state index contributed by atoms with van der Waals surface area (Å²) in [5, 5.41) is 0.770. The van der Waals surface area contributed by atoms with Gasteiger partial charge in [-0.3, -0.25) is 9.69 Å². The molecule has 1 saturated heterocycles. The van der Waals surface area contributed by atoms with Crippen molar-refractivity contribution in [2.45, 2.75) is 12.5 Å². The zero-order chi connectivity index (χ0) is 14.5. The number of nitrogens with zero attached hydrogens (tertiary/aromatic N) is 2. The van der Waals surface area contributed by atoms with E-state index >= 15 is 0 Å². The molecule has 0 radical (unpaired) electrons. The summed E-state index contributed by atoms with van der Waals surface area (Å²) in [5.74, 6) is 2.41. The van der Waals surface area contributed by atoms with Gasteiger partial charge in [-0.05, 0) is 17.7 Å². The van der Waals surface area contributed by atoms with Crippen molar-refractivity contribution in [2.75, 3.05) is 38.7 Å². The summed E-state index contributed by atoms with van der Waals surface area (Å²) >= 11 is 7.93. The summed E-state index contributed by atoms with van der Waals surface area (Å²) in [7, 11) is 3.62. The molecular formula is C15H21ClN2OS. The maximum Gasteiger partial charge on any atom is 0.223 e. The van der Waals surface area contributed by atoms with E-state index in [1.54, 1.807) is 4.90 Å². The molecule has 3 nitrogen and oxygen atoms in total. The van der Waals surface area contributed by atoms with Crippen molar-refractivity contribution in [3.8, 4) is 0 Å². The second-order valence-corrected chi connectivity index (χ2v) is 6.80. The molecule has 20 heavy (non-hydrogen) atoms. The zero-order valence-corrected chi connectivity index (χ0v) is 13.6. The average Bonchev–Trinajstić information content (AvgIpc) is 2.46. The summed E-state index contributed by atoms with van der Waals surface area (Å²) in [6.07, 6.45) is 0.585. The van der Waals surface area contributed by atoms with Crippen LogP contribution < -0.4 is 0 Å². The fourth-order valence-electron chi connectivity index (χ4n) is 2.36. The molecule has 5 heteroatoms. The number of hydrogen-bond donors (Lipinski definition) is 0. The first-order chi connectivity index (χ1) is 9.58. The van der Waals surface area contributed by atoms with Crippen molar-refractivity contribution in [2.24, 2.45) is 0 Å². The topological polar surface area (TPSA) is 23.6 Å². The molecule has 1 aromatic rings. The van der Waals surface area contributed by atoms with E-state index in [2.05, 4.69) is 17.0 Å². The predicted octanol–water partition coefficient (Wildman–Crippen LogP) is 2.91. The minimum atomic E-state index is 0.193. The van der Waals surface area contributed by atoms with Crippen molar-refractivity contribution in [3.63, 3.8) is 0 Å². The maximum absolute atomic E-state index is 11.7.